The number of halogens is 1. The highest BCUT2D eigenvalue weighted by molar-refractivity contribution is 6.00. The minimum atomic E-state index is -0.606. The monoisotopic (exact) mass is 263 g/mol. The highest BCUT2D eigenvalue weighted by Crippen LogP contribution is 2.20. The number of anilines is 1. The van der Waals surface area contributed by atoms with Crippen LogP contribution < -0.4 is 5.32 Å². The second kappa shape index (κ2) is 4.75. The molecule has 0 saturated carbocycles. The molecule has 0 unspecified atom stereocenters. The Labute approximate surface area is 109 Å². The van der Waals surface area contributed by atoms with E-state index in [1.165, 1.54) is 6.20 Å². The highest BCUT2D eigenvalue weighted by Gasteiger charge is 2.17. The van der Waals surface area contributed by atoms with Crippen molar-refractivity contribution in [3.8, 4) is 0 Å². The van der Waals surface area contributed by atoms with E-state index < -0.39 is 5.91 Å². The first-order valence-electron chi connectivity index (χ1n) is 5.71. The van der Waals surface area contributed by atoms with Crippen LogP contribution in [-0.2, 0) is 5.41 Å². The SMILES string of the molecule is CC(C)(C)c1cnc(C(=O)Nc2nccn2F)nc1. The van der Waals surface area contributed by atoms with Crippen LogP contribution in [0.25, 0.3) is 0 Å². The number of nitrogens with one attached hydrogen (secondary N) is 1. The number of aromatic nitrogens is 4. The number of carbonyl (C=O) groups excluding carboxylic acids is 1. The van der Waals surface area contributed by atoms with Crippen LogP contribution in [0.3, 0.4) is 0 Å². The topological polar surface area (TPSA) is 72.7 Å². The van der Waals surface area contributed by atoms with Crippen molar-refractivity contribution in [1.29, 1.82) is 0 Å². The lowest BCUT2D eigenvalue weighted by atomic mass is 9.89. The Bertz CT molecular complexity index is 585. The summed E-state index contributed by atoms with van der Waals surface area (Å²) in [5.74, 6) is -0.838. The molecule has 2 rings (SSSR count). The van der Waals surface area contributed by atoms with Crippen LogP contribution >= 0.6 is 0 Å². The van der Waals surface area contributed by atoms with Crippen LogP contribution in [0.1, 0.15) is 37.0 Å². The van der Waals surface area contributed by atoms with Crippen molar-refractivity contribution in [2.75, 3.05) is 5.32 Å². The van der Waals surface area contributed by atoms with E-state index in [-0.39, 0.29) is 22.0 Å². The summed E-state index contributed by atoms with van der Waals surface area (Å²) >= 11 is 0. The van der Waals surface area contributed by atoms with E-state index >= 15 is 0 Å². The zero-order chi connectivity index (χ0) is 14.0. The molecular formula is C12H14FN5O. The first-order chi connectivity index (χ1) is 8.88. The molecule has 19 heavy (non-hydrogen) atoms. The highest BCUT2D eigenvalue weighted by atomic mass is 19.2. The summed E-state index contributed by atoms with van der Waals surface area (Å²) in [4.78, 5) is 23.6. The Morgan fingerprint density at radius 2 is 1.89 bits per heavy atom. The van der Waals surface area contributed by atoms with Gasteiger partial charge in [0.25, 0.3) is 5.91 Å². The van der Waals surface area contributed by atoms with Crippen molar-refractivity contribution in [3.05, 3.63) is 36.2 Å². The maximum atomic E-state index is 13.0. The van der Waals surface area contributed by atoms with E-state index in [2.05, 4.69) is 20.3 Å². The molecule has 0 atom stereocenters. The molecule has 0 aliphatic carbocycles. The second-order valence-electron chi connectivity index (χ2n) is 5.06. The molecule has 2 aromatic rings. The number of hydrogen-bond acceptors (Lipinski definition) is 4. The van der Waals surface area contributed by atoms with Crippen LogP contribution in [0.4, 0.5) is 10.4 Å². The van der Waals surface area contributed by atoms with Gasteiger partial charge in [-0.2, -0.15) is 4.79 Å². The molecule has 0 radical (unpaired) electrons. The van der Waals surface area contributed by atoms with Crippen molar-refractivity contribution in [2.24, 2.45) is 0 Å². The fourth-order valence-electron chi connectivity index (χ4n) is 1.36. The van der Waals surface area contributed by atoms with Gasteiger partial charge in [0.1, 0.15) is 0 Å². The molecule has 0 spiro atoms. The van der Waals surface area contributed by atoms with E-state index in [0.717, 1.165) is 11.8 Å². The fraction of sp³-hybridized carbons (Fsp3) is 0.333. The van der Waals surface area contributed by atoms with Gasteiger partial charge in [0.2, 0.25) is 11.8 Å². The van der Waals surface area contributed by atoms with Gasteiger partial charge in [-0.05, 0) is 11.0 Å². The summed E-state index contributed by atoms with van der Waals surface area (Å²) in [6.45, 7) is 6.06. The van der Waals surface area contributed by atoms with Crippen LogP contribution in [0.2, 0.25) is 0 Å². The van der Waals surface area contributed by atoms with Crippen molar-refractivity contribution in [3.63, 3.8) is 0 Å². The van der Waals surface area contributed by atoms with E-state index in [1.807, 2.05) is 20.8 Å². The Morgan fingerprint density at radius 3 is 2.37 bits per heavy atom. The predicted molar refractivity (Wildman–Crippen MR) is 67.4 cm³/mol. The quantitative estimate of drug-likeness (QED) is 0.898. The average molecular weight is 263 g/mol. The summed E-state index contributed by atoms with van der Waals surface area (Å²) in [5, 5.41) is 2.28. The van der Waals surface area contributed by atoms with Gasteiger partial charge in [-0.3, -0.25) is 10.1 Å². The molecular weight excluding hydrogens is 249 g/mol. The van der Waals surface area contributed by atoms with Crippen molar-refractivity contribution < 1.29 is 9.28 Å². The number of rotatable bonds is 2. The largest absolute Gasteiger partial charge is 0.295 e. The second-order valence-corrected chi connectivity index (χ2v) is 5.06. The minimum Gasteiger partial charge on any atom is -0.287 e. The summed E-state index contributed by atoms with van der Waals surface area (Å²) in [6, 6.07) is 0. The molecule has 0 aliphatic heterocycles. The molecule has 0 fully saturated rings. The van der Waals surface area contributed by atoms with Crippen LogP contribution in [0.15, 0.2) is 24.8 Å². The van der Waals surface area contributed by atoms with Gasteiger partial charge in [0.15, 0.2) is 0 Å². The third-order valence-electron chi connectivity index (χ3n) is 2.54. The molecule has 0 saturated heterocycles. The minimum absolute atomic E-state index is 0.0315. The van der Waals surface area contributed by atoms with E-state index in [0.29, 0.717) is 0 Å². The Hall–Kier alpha value is -2.31. The van der Waals surface area contributed by atoms with Gasteiger partial charge in [-0.15, -0.1) is 0 Å². The lowest BCUT2D eigenvalue weighted by molar-refractivity contribution is 0.101. The Balaban J connectivity index is 2.14. The molecule has 0 aliphatic rings. The van der Waals surface area contributed by atoms with Crippen molar-refractivity contribution in [2.45, 2.75) is 26.2 Å². The van der Waals surface area contributed by atoms with Crippen LogP contribution in [0.5, 0.6) is 0 Å². The number of amides is 1. The van der Waals surface area contributed by atoms with E-state index in [1.54, 1.807) is 12.4 Å². The van der Waals surface area contributed by atoms with Crippen LogP contribution in [-0.4, -0.2) is 25.6 Å². The molecule has 0 bridgehead atoms. The smallest absolute Gasteiger partial charge is 0.287 e. The fourth-order valence-corrected chi connectivity index (χ4v) is 1.36. The van der Waals surface area contributed by atoms with Crippen LogP contribution in [0, 0.1) is 0 Å². The third-order valence-corrected chi connectivity index (χ3v) is 2.54. The molecule has 2 aromatic heterocycles. The van der Waals surface area contributed by atoms with Gasteiger partial charge in [-0.1, -0.05) is 25.3 Å². The average Bonchev–Trinajstić information content (AvgIpc) is 2.74. The van der Waals surface area contributed by atoms with Crippen molar-refractivity contribution >= 4 is 11.9 Å². The number of carbonyl (C=O) groups is 1. The predicted octanol–water partition coefficient (Wildman–Crippen LogP) is 1.96. The summed E-state index contributed by atoms with van der Waals surface area (Å²) in [5.41, 5.74) is 0.820. The summed E-state index contributed by atoms with van der Waals surface area (Å²) < 4.78 is 13.0. The summed E-state index contributed by atoms with van der Waals surface area (Å²) in [7, 11) is 0. The lowest BCUT2D eigenvalue weighted by Gasteiger charge is -2.17. The first-order valence-corrected chi connectivity index (χ1v) is 5.71. The number of nitrogens with zero attached hydrogens (tertiary/aromatic N) is 4. The molecule has 0 aromatic carbocycles. The van der Waals surface area contributed by atoms with Gasteiger partial charge in [0, 0.05) is 12.4 Å². The molecule has 6 nitrogen and oxygen atoms in total. The van der Waals surface area contributed by atoms with Gasteiger partial charge in [-0.25, -0.2) is 15.0 Å². The van der Waals surface area contributed by atoms with Crippen molar-refractivity contribution in [1.82, 2.24) is 19.7 Å². The van der Waals surface area contributed by atoms with Gasteiger partial charge in [0.05, 0.1) is 12.4 Å². The maximum Gasteiger partial charge on any atom is 0.295 e. The Kier molecular flexibility index (Phi) is 3.28. The summed E-state index contributed by atoms with van der Waals surface area (Å²) in [6.07, 6.45) is 5.49. The van der Waals surface area contributed by atoms with E-state index in [4.69, 9.17) is 0 Å². The molecule has 7 heteroatoms. The lowest BCUT2D eigenvalue weighted by Crippen LogP contribution is -2.19. The normalized spacial score (nSPS) is 11.4. The molecule has 100 valence electrons. The number of hydrogen-bond donors (Lipinski definition) is 1. The van der Waals surface area contributed by atoms with Gasteiger partial charge >= 0.3 is 0 Å². The Morgan fingerprint density at radius 1 is 1.26 bits per heavy atom. The molecule has 1 N–H and O–H groups in total. The molecule has 1 amide bonds. The maximum absolute atomic E-state index is 13.0. The zero-order valence-electron chi connectivity index (χ0n) is 10.9. The standard InChI is InChI=1S/C12H14FN5O/c1-12(2,3)8-6-15-9(16-7-8)10(19)17-11-14-4-5-18(11)13/h4-7H,1-3H3,(H,14,17,19). The first kappa shape index (κ1) is 13.1. The number of imidazole rings is 1. The van der Waals surface area contributed by atoms with Gasteiger partial charge < -0.3 is 0 Å². The zero-order valence-corrected chi connectivity index (χ0v) is 10.9. The third kappa shape index (κ3) is 2.93. The molecule has 2 heterocycles. The van der Waals surface area contributed by atoms with E-state index in [9.17, 15) is 9.28 Å².